The van der Waals surface area contributed by atoms with Crippen molar-refractivity contribution in [1.29, 1.82) is 0 Å². The minimum atomic E-state index is -0.207. The fraction of sp³-hybridized carbons (Fsp3) is 0.333. The smallest absolute Gasteiger partial charge is 0.257 e. The van der Waals surface area contributed by atoms with Gasteiger partial charge in [0.15, 0.2) is 0 Å². The Kier molecular flexibility index (Phi) is 5.38. The molecule has 2 aliphatic rings. The van der Waals surface area contributed by atoms with E-state index in [1.165, 1.54) is 12.8 Å². The molecule has 0 radical (unpaired) electrons. The first-order valence-electron chi connectivity index (χ1n) is 10.8. The SMILES string of the molecule is Nc1ccc(-c2ccsc2)cc1NC(=O)c1ccc(N2CCC3(CCCN3)CC2)nc1. The zero-order valence-corrected chi connectivity index (χ0v) is 18.3. The Labute approximate surface area is 186 Å². The predicted molar refractivity (Wildman–Crippen MR) is 128 cm³/mol. The highest BCUT2D eigenvalue weighted by molar-refractivity contribution is 7.08. The number of hydrogen-bond donors (Lipinski definition) is 3. The lowest BCUT2D eigenvalue weighted by atomic mass is 9.86. The Morgan fingerprint density at radius 2 is 2.00 bits per heavy atom. The van der Waals surface area contributed by atoms with Crippen molar-refractivity contribution in [3.8, 4) is 11.1 Å². The zero-order valence-electron chi connectivity index (χ0n) is 17.4. The lowest BCUT2D eigenvalue weighted by Crippen LogP contribution is -2.50. The number of carbonyl (C=O) groups excluding carboxylic acids is 1. The van der Waals surface area contributed by atoms with Crippen molar-refractivity contribution in [2.75, 3.05) is 35.6 Å². The fourth-order valence-electron chi connectivity index (χ4n) is 4.63. The number of nitrogens with two attached hydrogens (primary N) is 1. The number of aromatic nitrogens is 1. The Morgan fingerprint density at radius 1 is 1.13 bits per heavy atom. The first-order chi connectivity index (χ1) is 15.1. The second kappa shape index (κ2) is 8.32. The summed E-state index contributed by atoms with van der Waals surface area (Å²) in [7, 11) is 0. The Balaban J connectivity index is 1.25. The van der Waals surface area contributed by atoms with Crippen molar-refractivity contribution in [2.24, 2.45) is 0 Å². The van der Waals surface area contributed by atoms with Crippen molar-refractivity contribution in [1.82, 2.24) is 10.3 Å². The predicted octanol–water partition coefficient (Wildman–Crippen LogP) is 4.37. The minimum Gasteiger partial charge on any atom is -0.397 e. The van der Waals surface area contributed by atoms with Crippen LogP contribution < -0.4 is 21.3 Å². The first-order valence-corrected chi connectivity index (χ1v) is 11.8. The molecule has 3 aromatic rings. The summed E-state index contributed by atoms with van der Waals surface area (Å²) in [6, 6.07) is 11.5. The largest absolute Gasteiger partial charge is 0.397 e. The summed E-state index contributed by atoms with van der Waals surface area (Å²) >= 11 is 1.64. The van der Waals surface area contributed by atoms with Crippen LogP contribution in [-0.2, 0) is 0 Å². The molecule has 5 rings (SSSR count). The summed E-state index contributed by atoms with van der Waals surface area (Å²) in [4.78, 5) is 19.7. The topological polar surface area (TPSA) is 83.3 Å². The molecule has 7 heteroatoms. The van der Waals surface area contributed by atoms with Gasteiger partial charge in [-0.25, -0.2) is 4.98 Å². The third kappa shape index (κ3) is 4.16. The maximum atomic E-state index is 12.8. The Morgan fingerprint density at radius 3 is 2.68 bits per heavy atom. The van der Waals surface area contributed by atoms with E-state index in [0.717, 1.165) is 49.4 Å². The van der Waals surface area contributed by atoms with Gasteiger partial charge in [-0.15, -0.1) is 0 Å². The number of benzene rings is 1. The molecule has 6 nitrogen and oxygen atoms in total. The molecule has 0 aliphatic carbocycles. The van der Waals surface area contributed by atoms with Crippen LogP contribution in [0.5, 0.6) is 0 Å². The van der Waals surface area contributed by atoms with Crippen molar-refractivity contribution in [3.63, 3.8) is 0 Å². The van der Waals surface area contributed by atoms with Crippen LogP contribution in [-0.4, -0.2) is 36.1 Å². The average Bonchev–Trinajstić information content (AvgIpc) is 3.49. The molecule has 4 heterocycles. The number of carbonyl (C=O) groups is 1. The number of hydrogen-bond acceptors (Lipinski definition) is 6. The van der Waals surface area contributed by atoms with Crippen LogP contribution in [0.15, 0.2) is 53.4 Å². The molecule has 0 unspecified atom stereocenters. The third-order valence-corrected chi connectivity index (χ3v) is 7.23. The highest BCUT2D eigenvalue weighted by Gasteiger charge is 2.36. The fourth-order valence-corrected chi connectivity index (χ4v) is 5.30. The number of thiophene rings is 1. The first kappa shape index (κ1) is 20.0. The van der Waals surface area contributed by atoms with Crippen molar-refractivity contribution < 1.29 is 4.79 Å². The van der Waals surface area contributed by atoms with Gasteiger partial charge in [0.05, 0.1) is 16.9 Å². The number of anilines is 3. The quantitative estimate of drug-likeness (QED) is 0.532. The Hall–Kier alpha value is -2.90. The van der Waals surface area contributed by atoms with Gasteiger partial charge >= 0.3 is 0 Å². The summed E-state index contributed by atoms with van der Waals surface area (Å²) in [6.45, 7) is 3.14. The van der Waals surface area contributed by atoms with Crippen LogP contribution in [0.2, 0.25) is 0 Å². The molecule has 2 aliphatic heterocycles. The van der Waals surface area contributed by atoms with E-state index in [9.17, 15) is 4.79 Å². The number of nitrogen functional groups attached to an aromatic ring is 1. The highest BCUT2D eigenvalue weighted by Crippen LogP contribution is 2.32. The highest BCUT2D eigenvalue weighted by atomic mass is 32.1. The van der Waals surface area contributed by atoms with E-state index < -0.39 is 0 Å². The summed E-state index contributed by atoms with van der Waals surface area (Å²) in [5.41, 5.74) is 10.3. The summed E-state index contributed by atoms with van der Waals surface area (Å²) in [6.07, 6.45) is 6.52. The zero-order chi connectivity index (χ0) is 21.3. The molecule has 2 aromatic heterocycles. The molecule has 31 heavy (non-hydrogen) atoms. The van der Waals surface area contributed by atoms with E-state index in [4.69, 9.17) is 5.73 Å². The van der Waals surface area contributed by atoms with E-state index in [2.05, 4.69) is 32.0 Å². The average molecular weight is 434 g/mol. The molecule has 2 saturated heterocycles. The maximum absolute atomic E-state index is 12.8. The van der Waals surface area contributed by atoms with Crippen molar-refractivity contribution in [3.05, 3.63) is 58.9 Å². The maximum Gasteiger partial charge on any atom is 0.257 e. The lowest BCUT2D eigenvalue weighted by Gasteiger charge is -2.40. The van der Waals surface area contributed by atoms with Crippen LogP contribution in [0.1, 0.15) is 36.0 Å². The van der Waals surface area contributed by atoms with Crippen molar-refractivity contribution in [2.45, 2.75) is 31.2 Å². The van der Waals surface area contributed by atoms with Gasteiger partial charge < -0.3 is 21.3 Å². The molecule has 0 atom stereocenters. The molecule has 1 spiro atoms. The second-order valence-electron chi connectivity index (χ2n) is 8.47. The molecule has 0 saturated carbocycles. The standard InChI is InChI=1S/C24H27N5OS/c25-20-4-2-17(19-6-13-31-16-19)14-21(20)28-23(30)18-3-5-22(26-15-18)29-11-8-24(9-12-29)7-1-10-27-24/h2-6,13-16,27H,1,7-12,25H2,(H,28,30). The van der Waals surface area contributed by atoms with Gasteiger partial charge in [0.1, 0.15) is 5.82 Å². The minimum absolute atomic E-state index is 0.207. The molecular formula is C24H27N5OS. The third-order valence-electron chi connectivity index (χ3n) is 6.54. The van der Waals surface area contributed by atoms with Gasteiger partial charge in [-0.1, -0.05) is 6.07 Å². The lowest BCUT2D eigenvalue weighted by molar-refractivity contribution is 0.102. The monoisotopic (exact) mass is 433 g/mol. The van der Waals surface area contributed by atoms with Crippen LogP contribution in [0.3, 0.4) is 0 Å². The summed E-state index contributed by atoms with van der Waals surface area (Å²) in [5.74, 6) is 0.726. The number of nitrogens with zero attached hydrogens (tertiary/aromatic N) is 2. The number of piperidine rings is 1. The number of amides is 1. The van der Waals surface area contributed by atoms with Gasteiger partial charge in [-0.2, -0.15) is 11.3 Å². The molecule has 0 bridgehead atoms. The molecule has 1 aromatic carbocycles. The van der Waals surface area contributed by atoms with E-state index in [-0.39, 0.29) is 5.91 Å². The van der Waals surface area contributed by atoms with E-state index >= 15 is 0 Å². The molecule has 2 fully saturated rings. The molecule has 4 N–H and O–H groups in total. The van der Waals surface area contributed by atoms with E-state index in [1.54, 1.807) is 17.5 Å². The summed E-state index contributed by atoms with van der Waals surface area (Å²) in [5, 5.41) is 10.7. The van der Waals surface area contributed by atoms with Gasteiger partial charge in [0, 0.05) is 24.8 Å². The van der Waals surface area contributed by atoms with E-state index in [1.807, 2.05) is 35.7 Å². The van der Waals surface area contributed by atoms with Gasteiger partial charge in [-0.05, 0) is 84.4 Å². The Bertz CT molecular complexity index is 1050. The number of rotatable bonds is 4. The van der Waals surface area contributed by atoms with Gasteiger partial charge in [-0.3, -0.25) is 4.79 Å². The van der Waals surface area contributed by atoms with Crippen LogP contribution in [0.25, 0.3) is 11.1 Å². The van der Waals surface area contributed by atoms with Gasteiger partial charge in [0.25, 0.3) is 5.91 Å². The second-order valence-corrected chi connectivity index (χ2v) is 9.25. The van der Waals surface area contributed by atoms with Crippen LogP contribution >= 0.6 is 11.3 Å². The molecule has 160 valence electrons. The number of nitrogens with one attached hydrogen (secondary N) is 2. The normalized spacial score (nSPS) is 17.7. The van der Waals surface area contributed by atoms with Crippen molar-refractivity contribution >= 4 is 34.4 Å². The number of pyridine rings is 1. The summed E-state index contributed by atoms with van der Waals surface area (Å²) < 4.78 is 0. The van der Waals surface area contributed by atoms with Crippen LogP contribution in [0, 0.1) is 0 Å². The van der Waals surface area contributed by atoms with Gasteiger partial charge in [0.2, 0.25) is 0 Å². The molecule has 1 amide bonds. The van der Waals surface area contributed by atoms with Crippen LogP contribution in [0.4, 0.5) is 17.2 Å². The molecular weight excluding hydrogens is 406 g/mol. The van der Waals surface area contributed by atoms with E-state index in [0.29, 0.717) is 22.5 Å².